The van der Waals surface area contributed by atoms with E-state index in [2.05, 4.69) is 36.5 Å². The summed E-state index contributed by atoms with van der Waals surface area (Å²) in [6.07, 6.45) is 43.0. The Bertz CT molecular complexity index is 501. The number of rotatable bonds is 0. The highest BCUT2D eigenvalue weighted by molar-refractivity contribution is 5.22. The summed E-state index contributed by atoms with van der Waals surface area (Å²) in [5.41, 5.74) is 0. The van der Waals surface area contributed by atoms with E-state index in [0.717, 1.165) is 12.8 Å². The highest BCUT2D eigenvalue weighted by atomic mass is 13.8. The summed E-state index contributed by atoms with van der Waals surface area (Å²) < 4.78 is 0. The lowest BCUT2D eigenvalue weighted by Gasteiger charge is -1.84. The van der Waals surface area contributed by atoms with Gasteiger partial charge in [0.1, 0.15) is 0 Å². The molecule has 0 aromatic carbocycles. The van der Waals surface area contributed by atoms with Gasteiger partial charge in [-0.2, -0.15) is 0 Å². The van der Waals surface area contributed by atoms with E-state index >= 15 is 0 Å². The number of hydrogen-bond acceptors (Lipinski definition) is 0. The van der Waals surface area contributed by atoms with E-state index in [4.69, 9.17) is 0 Å². The summed E-state index contributed by atoms with van der Waals surface area (Å²) in [5, 5.41) is 0. The molecule has 0 amide bonds. The summed E-state index contributed by atoms with van der Waals surface area (Å²) in [7, 11) is 0. The Morgan fingerprint density at radius 1 is 0.227 bits per heavy atom. The molecular weight excluding hydrogens is 264 g/mol. The number of allylic oxidation sites excluding steroid dienone is 20. The SMILES string of the molecule is C1=CC=CC=CC=CC=CCCC=CC=CC=CC=CC=C1. The average Bonchev–Trinajstić information content (AvgIpc) is 2.53. The molecule has 0 heteroatoms. The lowest BCUT2D eigenvalue weighted by atomic mass is 10.2. The largest absolute Gasteiger partial charge is 0.0842 e. The quantitative estimate of drug-likeness (QED) is 0.487. The molecule has 0 radical (unpaired) electrons. The molecule has 0 N–H and O–H groups in total. The fourth-order valence-corrected chi connectivity index (χ4v) is 1.57. The Hall–Kier alpha value is -2.60. The van der Waals surface area contributed by atoms with Crippen LogP contribution in [0.5, 0.6) is 0 Å². The van der Waals surface area contributed by atoms with Gasteiger partial charge in [0.2, 0.25) is 0 Å². The van der Waals surface area contributed by atoms with Crippen LogP contribution in [0.1, 0.15) is 12.8 Å². The zero-order chi connectivity index (χ0) is 15.6. The van der Waals surface area contributed by atoms with Crippen LogP contribution >= 0.6 is 0 Å². The van der Waals surface area contributed by atoms with E-state index in [1.54, 1.807) is 0 Å². The summed E-state index contributed by atoms with van der Waals surface area (Å²) in [5.74, 6) is 0. The van der Waals surface area contributed by atoms with Gasteiger partial charge in [-0.15, -0.1) is 0 Å². The van der Waals surface area contributed by atoms with Crippen LogP contribution < -0.4 is 0 Å². The molecule has 0 saturated heterocycles. The first-order valence-electron chi connectivity index (χ1n) is 7.65. The first-order chi connectivity index (χ1) is 11.0. The van der Waals surface area contributed by atoms with Gasteiger partial charge in [-0.05, 0) is 12.8 Å². The summed E-state index contributed by atoms with van der Waals surface area (Å²) in [4.78, 5) is 0. The van der Waals surface area contributed by atoms with E-state index in [1.165, 1.54) is 0 Å². The van der Waals surface area contributed by atoms with E-state index in [-0.39, 0.29) is 0 Å². The van der Waals surface area contributed by atoms with Crippen LogP contribution in [-0.2, 0) is 0 Å². The molecule has 0 bridgehead atoms. The zero-order valence-corrected chi connectivity index (χ0v) is 13.0. The Labute approximate surface area is 135 Å². The molecule has 0 aliphatic heterocycles. The molecule has 0 atom stereocenters. The smallest absolute Gasteiger partial charge is 0.0313 e. The average molecular weight is 288 g/mol. The molecule has 22 heavy (non-hydrogen) atoms. The fourth-order valence-electron chi connectivity index (χ4n) is 1.57. The third-order valence-electron chi connectivity index (χ3n) is 2.66. The molecule has 0 unspecified atom stereocenters. The van der Waals surface area contributed by atoms with Crippen molar-refractivity contribution in [1.29, 1.82) is 0 Å². The third-order valence-corrected chi connectivity index (χ3v) is 2.66. The first-order valence-corrected chi connectivity index (χ1v) is 7.65. The maximum absolute atomic E-state index is 2.18. The summed E-state index contributed by atoms with van der Waals surface area (Å²) in [6.45, 7) is 0. The van der Waals surface area contributed by atoms with Crippen LogP contribution in [0, 0.1) is 0 Å². The van der Waals surface area contributed by atoms with Gasteiger partial charge in [0.15, 0.2) is 0 Å². The van der Waals surface area contributed by atoms with Crippen LogP contribution in [-0.4, -0.2) is 0 Å². The molecule has 0 heterocycles. The maximum atomic E-state index is 2.18. The van der Waals surface area contributed by atoms with Crippen molar-refractivity contribution >= 4 is 0 Å². The third kappa shape index (κ3) is 12.4. The van der Waals surface area contributed by atoms with Crippen LogP contribution in [0.4, 0.5) is 0 Å². The molecule has 1 rings (SSSR count). The van der Waals surface area contributed by atoms with Crippen molar-refractivity contribution in [3.8, 4) is 0 Å². The molecule has 0 nitrogen and oxygen atoms in total. The van der Waals surface area contributed by atoms with Crippen molar-refractivity contribution in [3.63, 3.8) is 0 Å². The second-order valence-corrected chi connectivity index (χ2v) is 4.51. The van der Waals surface area contributed by atoms with Crippen LogP contribution in [0.25, 0.3) is 0 Å². The minimum absolute atomic E-state index is 1.06. The molecule has 0 aromatic rings. The van der Waals surface area contributed by atoms with E-state index in [9.17, 15) is 0 Å². The van der Waals surface area contributed by atoms with Crippen LogP contribution in [0.3, 0.4) is 0 Å². The van der Waals surface area contributed by atoms with Crippen molar-refractivity contribution in [1.82, 2.24) is 0 Å². The first kappa shape index (κ1) is 17.5. The van der Waals surface area contributed by atoms with Crippen molar-refractivity contribution in [2.75, 3.05) is 0 Å². The second kappa shape index (κ2) is 14.8. The van der Waals surface area contributed by atoms with Gasteiger partial charge in [0, 0.05) is 0 Å². The van der Waals surface area contributed by atoms with Gasteiger partial charge < -0.3 is 0 Å². The molecule has 0 fully saturated rings. The van der Waals surface area contributed by atoms with Crippen molar-refractivity contribution < 1.29 is 0 Å². The Morgan fingerprint density at radius 2 is 0.409 bits per heavy atom. The van der Waals surface area contributed by atoms with Crippen LogP contribution in [0.15, 0.2) is 122 Å². The van der Waals surface area contributed by atoms with Gasteiger partial charge >= 0.3 is 0 Å². The molecule has 112 valence electrons. The molecule has 0 aromatic heterocycles. The summed E-state index contributed by atoms with van der Waals surface area (Å²) >= 11 is 0. The highest BCUT2D eigenvalue weighted by Crippen LogP contribution is 1.94. The van der Waals surface area contributed by atoms with Gasteiger partial charge in [-0.25, -0.2) is 0 Å². The van der Waals surface area contributed by atoms with Gasteiger partial charge in [-0.3, -0.25) is 0 Å². The predicted octanol–water partition coefficient (Wildman–Crippen LogP) is 6.34. The Kier molecular flexibility index (Phi) is 11.7. The molecule has 0 spiro atoms. The maximum Gasteiger partial charge on any atom is -0.0313 e. The predicted molar refractivity (Wildman–Crippen MR) is 101 cm³/mol. The standard InChI is InChI=1S/C22H24/c1-2-4-6-8-10-12-14-16-18-20-22-21-19-17-15-13-11-9-7-5-3-1/h1-20H,21-22H2. The van der Waals surface area contributed by atoms with Gasteiger partial charge in [-0.1, -0.05) is 122 Å². The topological polar surface area (TPSA) is 0 Å². The number of hydrogen-bond donors (Lipinski definition) is 0. The molecule has 1 aliphatic rings. The van der Waals surface area contributed by atoms with Crippen molar-refractivity contribution in [2.45, 2.75) is 12.8 Å². The van der Waals surface area contributed by atoms with E-state index < -0.39 is 0 Å². The van der Waals surface area contributed by atoms with Gasteiger partial charge in [0.05, 0.1) is 0 Å². The normalized spacial score (nSPS) is 16.7. The molecule has 1 aliphatic carbocycles. The highest BCUT2D eigenvalue weighted by Gasteiger charge is 1.74. The Balaban J connectivity index is 2.60. The fraction of sp³-hybridized carbons (Fsp3) is 0.0909. The monoisotopic (exact) mass is 288 g/mol. The lowest BCUT2D eigenvalue weighted by Crippen LogP contribution is -1.63. The van der Waals surface area contributed by atoms with E-state index in [0.29, 0.717) is 0 Å². The lowest BCUT2D eigenvalue weighted by molar-refractivity contribution is 1.05. The van der Waals surface area contributed by atoms with Crippen molar-refractivity contribution in [3.05, 3.63) is 122 Å². The summed E-state index contributed by atoms with van der Waals surface area (Å²) in [6, 6.07) is 0. The van der Waals surface area contributed by atoms with Crippen LogP contribution in [0.2, 0.25) is 0 Å². The Morgan fingerprint density at radius 3 is 0.636 bits per heavy atom. The molecular formula is C22H24. The minimum Gasteiger partial charge on any atom is -0.0842 e. The zero-order valence-electron chi connectivity index (χ0n) is 13.0. The van der Waals surface area contributed by atoms with Crippen molar-refractivity contribution in [2.24, 2.45) is 0 Å². The molecule has 0 saturated carbocycles. The second-order valence-electron chi connectivity index (χ2n) is 4.51. The minimum atomic E-state index is 1.06. The van der Waals surface area contributed by atoms with E-state index in [1.807, 2.05) is 85.1 Å². The van der Waals surface area contributed by atoms with Gasteiger partial charge in [0.25, 0.3) is 0 Å².